The first-order valence-corrected chi connectivity index (χ1v) is 5.58. The van der Waals surface area contributed by atoms with Crippen LogP contribution in [0.5, 0.6) is 0 Å². The van der Waals surface area contributed by atoms with E-state index >= 15 is 0 Å². The first-order valence-electron chi connectivity index (χ1n) is 5.58. The summed E-state index contributed by atoms with van der Waals surface area (Å²) in [5.74, 6) is 0.354. The maximum absolute atomic E-state index is 11.2. The summed E-state index contributed by atoms with van der Waals surface area (Å²) in [5, 5.41) is 5.70. The van der Waals surface area contributed by atoms with Gasteiger partial charge in [-0.3, -0.25) is 9.59 Å². The summed E-state index contributed by atoms with van der Waals surface area (Å²) in [6, 6.07) is 0. The second-order valence-electron chi connectivity index (χ2n) is 3.85. The fraction of sp³-hybridized carbons (Fsp3) is 0.818. The van der Waals surface area contributed by atoms with Crippen LogP contribution >= 0.6 is 0 Å². The van der Waals surface area contributed by atoms with Crippen LogP contribution in [0, 0.1) is 5.92 Å². The Bertz CT molecular complexity index is 212. The highest BCUT2D eigenvalue weighted by Gasteiger charge is 2.06. The molecule has 0 saturated carbocycles. The zero-order chi connectivity index (χ0) is 11.7. The van der Waals surface area contributed by atoms with Crippen molar-refractivity contribution >= 4 is 11.7 Å². The average Bonchev–Trinajstić information content (AvgIpc) is 2.20. The molecule has 0 aliphatic carbocycles. The van der Waals surface area contributed by atoms with Crippen molar-refractivity contribution in [2.45, 2.75) is 33.6 Å². The van der Waals surface area contributed by atoms with Crippen molar-refractivity contribution in [2.75, 3.05) is 19.6 Å². The summed E-state index contributed by atoms with van der Waals surface area (Å²) in [7, 11) is 0. The number of hydrogen-bond acceptors (Lipinski definition) is 3. The highest BCUT2D eigenvalue weighted by molar-refractivity contribution is 5.80. The predicted molar refractivity (Wildman–Crippen MR) is 64.9 cm³/mol. The number of amides is 1. The average molecular weight is 218 g/mol. The third-order valence-electron chi connectivity index (χ3n) is 2.10. The van der Waals surface area contributed by atoms with Gasteiger partial charge in [-0.2, -0.15) is 0 Å². The lowest BCUT2D eigenvalue weighted by molar-refractivity contribution is -0.123. The van der Waals surface area contributed by atoms with Crippen molar-refractivity contribution < 1.29 is 12.4 Å². The van der Waals surface area contributed by atoms with Gasteiger partial charge in [-0.05, 0) is 13.0 Å². The van der Waals surface area contributed by atoms with E-state index in [0.29, 0.717) is 19.5 Å². The Hall–Kier alpha value is -0.900. The standard InChI is InChI=1S/C11H22N2O2.2H2/c1-4-12-8-11(15)13-7-5-6-10(14)9(2)3;;/h9,12H,4-8H2,1-3H3,(H,13,15);2*1H. The molecular weight excluding hydrogens is 192 g/mol. The van der Waals surface area contributed by atoms with Gasteiger partial charge in [0, 0.05) is 21.7 Å². The van der Waals surface area contributed by atoms with E-state index in [0.717, 1.165) is 13.0 Å². The van der Waals surface area contributed by atoms with Crippen LogP contribution in [0.3, 0.4) is 0 Å². The monoisotopic (exact) mass is 218 g/mol. The molecule has 0 aliphatic rings. The van der Waals surface area contributed by atoms with Crippen molar-refractivity contribution in [1.82, 2.24) is 10.6 Å². The minimum atomic E-state index is -0.00570. The molecule has 15 heavy (non-hydrogen) atoms. The summed E-state index contributed by atoms with van der Waals surface area (Å²) in [5.41, 5.74) is 0. The van der Waals surface area contributed by atoms with Gasteiger partial charge in [-0.15, -0.1) is 0 Å². The molecule has 0 radical (unpaired) electrons. The van der Waals surface area contributed by atoms with Gasteiger partial charge in [0.15, 0.2) is 0 Å². The van der Waals surface area contributed by atoms with Gasteiger partial charge in [0.25, 0.3) is 0 Å². The fourth-order valence-corrected chi connectivity index (χ4v) is 1.08. The lowest BCUT2D eigenvalue weighted by Crippen LogP contribution is -2.34. The zero-order valence-electron chi connectivity index (χ0n) is 9.93. The van der Waals surface area contributed by atoms with Crippen LogP contribution in [-0.4, -0.2) is 31.3 Å². The van der Waals surface area contributed by atoms with E-state index in [9.17, 15) is 9.59 Å². The number of rotatable bonds is 8. The summed E-state index contributed by atoms with van der Waals surface area (Å²) in [6.07, 6.45) is 1.29. The molecule has 0 heterocycles. The number of nitrogens with one attached hydrogen (secondary N) is 2. The Kier molecular flexibility index (Phi) is 7.91. The van der Waals surface area contributed by atoms with Gasteiger partial charge in [0.05, 0.1) is 6.54 Å². The molecule has 0 aromatic heterocycles. The smallest absolute Gasteiger partial charge is 0.233 e. The topological polar surface area (TPSA) is 58.2 Å². The van der Waals surface area contributed by atoms with Crippen molar-refractivity contribution in [3.05, 3.63) is 0 Å². The number of Topliss-reactive ketones (excluding diaryl/α,β-unsaturated/α-hetero) is 1. The zero-order valence-corrected chi connectivity index (χ0v) is 9.93. The molecule has 0 rings (SSSR count). The van der Waals surface area contributed by atoms with Crippen LogP contribution in [-0.2, 0) is 9.59 Å². The van der Waals surface area contributed by atoms with E-state index in [1.165, 1.54) is 0 Å². The number of carbonyl (C=O) groups is 2. The Morgan fingerprint density at radius 1 is 1.33 bits per heavy atom. The Balaban J connectivity index is -0.000000980. The second-order valence-corrected chi connectivity index (χ2v) is 3.85. The van der Waals surface area contributed by atoms with Gasteiger partial charge in [-0.1, -0.05) is 20.8 Å². The minimum Gasteiger partial charge on any atom is -0.355 e. The quantitative estimate of drug-likeness (QED) is 0.602. The van der Waals surface area contributed by atoms with Crippen molar-refractivity contribution in [1.29, 1.82) is 0 Å². The molecule has 0 spiro atoms. The van der Waals surface area contributed by atoms with Gasteiger partial charge >= 0.3 is 0 Å². The Morgan fingerprint density at radius 2 is 2.00 bits per heavy atom. The molecule has 2 N–H and O–H groups in total. The summed E-state index contributed by atoms with van der Waals surface area (Å²) in [6.45, 7) is 7.48. The SMILES string of the molecule is CCNCC(=O)NCCCC(=O)C(C)C.[HH].[HH]. The van der Waals surface area contributed by atoms with Crippen LogP contribution < -0.4 is 10.6 Å². The summed E-state index contributed by atoms with van der Waals surface area (Å²) < 4.78 is 0. The van der Waals surface area contributed by atoms with Crippen molar-refractivity contribution in [3.8, 4) is 0 Å². The molecule has 1 amide bonds. The first-order chi connectivity index (χ1) is 7.07. The molecule has 0 aromatic rings. The molecule has 0 saturated heterocycles. The van der Waals surface area contributed by atoms with E-state index in [1.54, 1.807) is 0 Å². The molecule has 0 unspecified atom stereocenters. The van der Waals surface area contributed by atoms with Crippen LogP contribution in [0.2, 0.25) is 0 Å². The lowest BCUT2D eigenvalue weighted by Gasteiger charge is -2.06. The molecule has 4 nitrogen and oxygen atoms in total. The van der Waals surface area contributed by atoms with Crippen LogP contribution in [0.4, 0.5) is 0 Å². The molecular formula is C11H26N2O2. The van der Waals surface area contributed by atoms with Crippen molar-refractivity contribution in [3.63, 3.8) is 0 Å². The van der Waals surface area contributed by atoms with E-state index in [-0.39, 0.29) is 20.5 Å². The van der Waals surface area contributed by atoms with Gasteiger partial charge in [-0.25, -0.2) is 0 Å². The fourth-order valence-electron chi connectivity index (χ4n) is 1.08. The molecule has 92 valence electrons. The van der Waals surface area contributed by atoms with Crippen molar-refractivity contribution in [2.24, 2.45) is 5.92 Å². The molecule has 0 aliphatic heterocycles. The minimum absolute atomic E-state index is 0. The molecule has 0 bridgehead atoms. The molecule has 4 heteroatoms. The predicted octanol–water partition coefficient (Wildman–Crippen LogP) is 1.21. The summed E-state index contributed by atoms with van der Waals surface area (Å²) in [4.78, 5) is 22.4. The van der Waals surface area contributed by atoms with Gasteiger partial charge in [0.2, 0.25) is 5.91 Å². The Morgan fingerprint density at radius 3 is 2.53 bits per heavy atom. The van der Waals surface area contributed by atoms with Crippen LogP contribution in [0.15, 0.2) is 0 Å². The van der Waals surface area contributed by atoms with Gasteiger partial charge < -0.3 is 10.6 Å². The maximum Gasteiger partial charge on any atom is 0.233 e. The lowest BCUT2D eigenvalue weighted by atomic mass is 10.1. The molecule has 0 atom stereocenters. The highest BCUT2D eigenvalue weighted by atomic mass is 16.2. The van der Waals surface area contributed by atoms with Crippen LogP contribution in [0.1, 0.15) is 36.5 Å². The van der Waals surface area contributed by atoms with Gasteiger partial charge in [0.1, 0.15) is 5.78 Å². The summed E-state index contributed by atoms with van der Waals surface area (Å²) >= 11 is 0. The van der Waals surface area contributed by atoms with E-state index < -0.39 is 0 Å². The number of carbonyl (C=O) groups excluding carboxylic acids is 2. The first kappa shape index (κ1) is 14.1. The third kappa shape index (κ3) is 8.12. The van der Waals surface area contributed by atoms with E-state index in [2.05, 4.69) is 10.6 Å². The second kappa shape index (κ2) is 8.41. The molecule has 0 fully saturated rings. The third-order valence-corrected chi connectivity index (χ3v) is 2.10. The molecule has 0 aromatic carbocycles. The van der Waals surface area contributed by atoms with E-state index in [1.807, 2.05) is 20.8 Å². The number of likely N-dealkylation sites (N-methyl/N-ethyl adjacent to an activating group) is 1. The van der Waals surface area contributed by atoms with Crippen LogP contribution in [0.25, 0.3) is 0 Å². The largest absolute Gasteiger partial charge is 0.355 e. The number of ketones is 1. The Labute approximate surface area is 94.8 Å². The highest BCUT2D eigenvalue weighted by Crippen LogP contribution is 2.00. The number of hydrogen-bond donors (Lipinski definition) is 2. The van der Waals surface area contributed by atoms with E-state index in [4.69, 9.17) is 0 Å². The normalized spacial score (nSPS) is 10.4. The maximum atomic E-state index is 11.2.